The molecule has 0 heterocycles. The van der Waals surface area contributed by atoms with Crippen molar-refractivity contribution >= 4 is 5.57 Å². The van der Waals surface area contributed by atoms with Crippen LogP contribution >= 0.6 is 0 Å². The van der Waals surface area contributed by atoms with E-state index in [0.717, 1.165) is 17.9 Å². The second-order valence-corrected chi connectivity index (χ2v) is 13.9. The minimum atomic E-state index is -0.117. The molecule has 1 fully saturated rings. The lowest BCUT2D eigenvalue weighted by Gasteiger charge is -2.67. The van der Waals surface area contributed by atoms with Crippen molar-refractivity contribution in [2.24, 2.45) is 28.1 Å². The Hall–Kier alpha value is -2.08. The Balaban J connectivity index is 1.77. The van der Waals surface area contributed by atoms with Crippen molar-refractivity contribution in [1.29, 1.82) is 0 Å². The van der Waals surface area contributed by atoms with E-state index >= 15 is 0 Å². The number of rotatable bonds is 4. The second kappa shape index (κ2) is 8.72. The van der Waals surface area contributed by atoms with Gasteiger partial charge in [0.1, 0.15) is 0 Å². The lowest BCUT2D eigenvalue weighted by atomic mass is 9.36. The molecule has 5 atom stereocenters. The molecule has 0 radical (unpaired) electrons. The highest BCUT2D eigenvalue weighted by atomic mass is 14.7. The van der Waals surface area contributed by atoms with Gasteiger partial charge in [-0.05, 0) is 109 Å². The smallest absolute Gasteiger partial charge is 0.0196 e. The summed E-state index contributed by atoms with van der Waals surface area (Å²) >= 11 is 0. The van der Waals surface area contributed by atoms with E-state index < -0.39 is 0 Å². The molecule has 4 aliphatic rings. The number of fused-ring (bicyclic) bond motifs is 3. The Morgan fingerprint density at radius 1 is 1.00 bits per heavy atom. The molecule has 37 heavy (non-hydrogen) atoms. The summed E-state index contributed by atoms with van der Waals surface area (Å²) in [6.45, 7) is 33.6. The molecule has 5 rings (SSSR count). The van der Waals surface area contributed by atoms with Crippen molar-refractivity contribution in [2.75, 3.05) is 0 Å². The molecule has 1 aromatic carbocycles. The zero-order chi connectivity index (χ0) is 27.1. The van der Waals surface area contributed by atoms with Gasteiger partial charge in [-0.25, -0.2) is 0 Å². The predicted octanol–water partition coefficient (Wildman–Crippen LogP) is 10.9. The number of hydrogen-bond donors (Lipinski definition) is 0. The van der Waals surface area contributed by atoms with Crippen molar-refractivity contribution < 1.29 is 0 Å². The maximum atomic E-state index is 4.87. The predicted molar refractivity (Wildman–Crippen MR) is 162 cm³/mol. The summed E-state index contributed by atoms with van der Waals surface area (Å²) in [5.74, 6) is 1.92. The third kappa shape index (κ3) is 3.33. The summed E-state index contributed by atoms with van der Waals surface area (Å²) < 4.78 is 0. The minimum absolute atomic E-state index is 0.0517. The lowest BCUT2D eigenvalue weighted by Crippen LogP contribution is -2.58. The first-order chi connectivity index (χ1) is 17.3. The van der Waals surface area contributed by atoms with Gasteiger partial charge in [-0.15, -0.1) is 0 Å². The van der Waals surface area contributed by atoms with Crippen LogP contribution in [0.1, 0.15) is 116 Å². The number of allylic oxidation sites excluding steroid dienone is 7. The zero-order valence-electron chi connectivity index (χ0n) is 25.0. The molecule has 0 spiro atoms. The first-order valence-electron chi connectivity index (χ1n) is 14.9. The molecule has 198 valence electrons. The zero-order valence-corrected chi connectivity index (χ0v) is 25.0. The third-order valence-corrected chi connectivity index (χ3v) is 12.4. The van der Waals surface area contributed by atoms with E-state index in [9.17, 15) is 0 Å². The Morgan fingerprint density at radius 2 is 1.65 bits per heavy atom. The van der Waals surface area contributed by atoms with Gasteiger partial charge in [0.2, 0.25) is 0 Å². The van der Waals surface area contributed by atoms with Gasteiger partial charge in [-0.1, -0.05) is 108 Å². The van der Waals surface area contributed by atoms with Crippen LogP contribution in [-0.2, 0) is 0 Å². The van der Waals surface area contributed by atoms with Gasteiger partial charge in [0.25, 0.3) is 0 Å². The Labute approximate surface area is 227 Å². The van der Waals surface area contributed by atoms with Crippen LogP contribution in [0, 0.1) is 35.0 Å². The van der Waals surface area contributed by atoms with Gasteiger partial charge in [0.15, 0.2) is 0 Å². The van der Waals surface area contributed by atoms with E-state index in [1.165, 1.54) is 77.5 Å². The third-order valence-electron chi connectivity index (χ3n) is 12.4. The highest BCUT2D eigenvalue weighted by Gasteiger charge is 2.65. The second-order valence-electron chi connectivity index (χ2n) is 13.9. The maximum Gasteiger partial charge on any atom is 0.0196 e. The summed E-state index contributed by atoms with van der Waals surface area (Å²) in [5, 5.41) is 0. The van der Waals surface area contributed by atoms with Gasteiger partial charge in [-0.2, -0.15) is 0 Å². The Kier molecular flexibility index (Phi) is 6.25. The SMILES string of the molecule is C=C(C)C1=C(C)C[C@@]2(C)[C@H](C)[C@]3(C)C(=C(C)[C@@]2(C)C1=C)C(=C)c1c(C)cccc1[C@H]3CCC1CCCC1. The highest BCUT2D eigenvalue weighted by Crippen LogP contribution is 2.75. The molecule has 0 unspecified atom stereocenters. The van der Waals surface area contributed by atoms with E-state index in [4.69, 9.17) is 13.2 Å². The number of hydrogen-bond acceptors (Lipinski definition) is 0. The summed E-state index contributed by atoms with van der Waals surface area (Å²) in [6, 6.07) is 7.03. The van der Waals surface area contributed by atoms with Crippen molar-refractivity contribution in [1.82, 2.24) is 0 Å². The van der Waals surface area contributed by atoms with Gasteiger partial charge in [0.05, 0.1) is 0 Å². The molecule has 0 heteroatoms. The van der Waals surface area contributed by atoms with Gasteiger partial charge in [-0.3, -0.25) is 0 Å². The lowest BCUT2D eigenvalue weighted by molar-refractivity contribution is -0.0303. The van der Waals surface area contributed by atoms with Crippen molar-refractivity contribution in [3.63, 3.8) is 0 Å². The van der Waals surface area contributed by atoms with Crippen LogP contribution in [0.5, 0.6) is 0 Å². The Morgan fingerprint density at radius 3 is 2.27 bits per heavy atom. The first kappa shape index (κ1) is 26.5. The molecule has 0 amide bonds. The van der Waals surface area contributed by atoms with Crippen molar-refractivity contribution in [3.05, 3.63) is 88.1 Å². The molecular weight excluding hydrogens is 444 g/mol. The van der Waals surface area contributed by atoms with Crippen LogP contribution in [0.4, 0.5) is 0 Å². The van der Waals surface area contributed by atoms with E-state index in [1.54, 1.807) is 11.1 Å². The monoisotopic (exact) mass is 494 g/mol. The first-order valence-corrected chi connectivity index (χ1v) is 14.9. The fourth-order valence-corrected chi connectivity index (χ4v) is 10.1. The number of benzene rings is 1. The van der Waals surface area contributed by atoms with Crippen molar-refractivity contribution in [3.8, 4) is 0 Å². The van der Waals surface area contributed by atoms with Crippen LogP contribution in [0.15, 0.2) is 71.4 Å². The van der Waals surface area contributed by atoms with Crippen molar-refractivity contribution in [2.45, 2.75) is 106 Å². The quantitative estimate of drug-likeness (QED) is 0.390. The van der Waals surface area contributed by atoms with Crippen LogP contribution in [0.2, 0.25) is 0 Å². The average Bonchev–Trinajstić information content (AvgIpc) is 3.34. The maximum absolute atomic E-state index is 4.87. The van der Waals surface area contributed by atoms with Gasteiger partial charge in [0, 0.05) is 10.8 Å². The average molecular weight is 495 g/mol. The van der Waals surface area contributed by atoms with E-state index in [0.29, 0.717) is 11.8 Å². The van der Waals surface area contributed by atoms with E-state index in [-0.39, 0.29) is 16.2 Å². The minimum Gasteiger partial charge on any atom is -0.0955 e. The van der Waals surface area contributed by atoms with Gasteiger partial charge < -0.3 is 0 Å². The van der Waals surface area contributed by atoms with E-state index in [2.05, 4.69) is 80.2 Å². The number of aryl methyl sites for hydroxylation is 1. The summed E-state index contributed by atoms with van der Waals surface area (Å²) in [4.78, 5) is 0. The topological polar surface area (TPSA) is 0 Å². The summed E-state index contributed by atoms with van der Waals surface area (Å²) in [5.41, 5.74) is 13.9. The molecule has 0 aliphatic heterocycles. The van der Waals surface area contributed by atoms with Crippen LogP contribution in [-0.4, -0.2) is 0 Å². The van der Waals surface area contributed by atoms with Crippen LogP contribution in [0.25, 0.3) is 5.57 Å². The Bertz CT molecular complexity index is 1260. The van der Waals surface area contributed by atoms with Gasteiger partial charge >= 0.3 is 0 Å². The van der Waals surface area contributed by atoms with E-state index in [1.807, 2.05) is 0 Å². The molecule has 0 saturated heterocycles. The van der Waals surface area contributed by atoms with Crippen LogP contribution in [0.3, 0.4) is 0 Å². The molecule has 1 aromatic rings. The highest BCUT2D eigenvalue weighted by molar-refractivity contribution is 5.87. The summed E-state index contributed by atoms with van der Waals surface area (Å²) in [7, 11) is 0. The molecule has 0 N–H and O–H groups in total. The van der Waals surface area contributed by atoms with Crippen LogP contribution < -0.4 is 0 Å². The molecule has 0 aromatic heterocycles. The fourth-order valence-electron chi connectivity index (χ4n) is 10.1. The standard InChI is InChI=1S/C37H50/c1-22(2)32-24(4)21-35(9)28(8)36(10)31(20-19-29-16-12-13-17-29)30-18-14-15-23(3)33(30)25(5)34(36)27(7)37(35,11)26(32)6/h14-15,18,28-29,31H,1,5-6,12-13,16-17,19-21H2,2-4,7-11H3/t28-,31+,35-,36-,37+/m0/s1. The fraction of sp³-hybridized carbons (Fsp3) is 0.568. The molecule has 1 saturated carbocycles. The molecule has 0 nitrogen and oxygen atoms in total. The molecule has 0 bridgehead atoms. The largest absolute Gasteiger partial charge is 0.0955 e. The normalized spacial score (nSPS) is 36.0. The molecule has 4 aliphatic carbocycles. The molecular formula is C37H50. The summed E-state index contributed by atoms with van der Waals surface area (Å²) in [6.07, 6.45) is 9.46.